The van der Waals surface area contributed by atoms with Gasteiger partial charge in [0.1, 0.15) is 0 Å². The quantitative estimate of drug-likeness (QED) is 0.691. The molecule has 1 saturated heterocycles. The van der Waals surface area contributed by atoms with Crippen molar-refractivity contribution in [3.8, 4) is 0 Å². The van der Waals surface area contributed by atoms with Crippen LogP contribution in [0.2, 0.25) is 0 Å². The lowest BCUT2D eigenvalue weighted by molar-refractivity contribution is 0.0772. The molecule has 3 atom stereocenters. The number of halogens is 2. The molecule has 2 aromatic carbocycles. The van der Waals surface area contributed by atoms with Crippen LogP contribution in [-0.2, 0) is 6.42 Å². The molecular formula is C22H36Cl2N2OS. The number of rotatable bonds is 6. The van der Waals surface area contributed by atoms with Gasteiger partial charge in [-0.2, -0.15) is 13.5 Å². The fraction of sp³-hybridized carbons (Fsp3) is 0.455. The fourth-order valence-electron chi connectivity index (χ4n) is 3.64. The summed E-state index contributed by atoms with van der Waals surface area (Å²) >= 11 is 0. The van der Waals surface area contributed by atoms with Gasteiger partial charge in [0.25, 0.3) is 0 Å². The number of piperidine rings is 1. The van der Waals surface area contributed by atoms with Crippen LogP contribution < -0.4 is 5.73 Å². The highest BCUT2D eigenvalue weighted by Gasteiger charge is 2.25. The molecule has 0 radical (unpaired) electrons. The molecule has 3 N–H and O–H groups in total. The van der Waals surface area contributed by atoms with Crippen molar-refractivity contribution in [3.63, 3.8) is 0 Å². The number of hydrogen-bond donors (Lipinski definition) is 2. The molecule has 0 aromatic heterocycles. The van der Waals surface area contributed by atoms with E-state index < -0.39 is 6.10 Å². The standard InChI is InChI=1S/C21H28N2O.CH4.2ClH.H2S/c22-20(14-17-8-3-1-4-9-17)21(24)16-23-13-7-12-19(15-23)18-10-5-2-6-11-18;;;;/h1-6,8-11,19-21,24H,7,12-16,22H2;1H4;2*1H;1H2/t19?,20-,21+;;;;/m1..../s1. The van der Waals surface area contributed by atoms with Gasteiger partial charge in [0.15, 0.2) is 0 Å². The fourth-order valence-corrected chi connectivity index (χ4v) is 3.64. The molecule has 1 fully saturated rings. The van der Waals surface area contributed by atoms with Crippen molar-refractivity contribution in [1.82, 2.24) is 4.90 Å². The maximum Gasteiger partial charge on any atom is 0.0820 e. The van der Waals surface area contributed by atoms with Crippen LogP contribution in [0, 0.1) is 0 Å². The van der Waals surface area contributed by atoms with Crippen LogP contribution in [0.25, 0.3) is 0 Å². The van der Waals surface area contributed by atoms with Gasteiger partial charge < -0.3 is 15.7 Å². The number of likely N-dealkylation sites (tertiary alicyclic amines) is 1. The van der Waals surface area contributed by atoms with Gasteiger partial charge in [-0.1, -0.05) is 68.1 Å². The van der Waals surface area contributed by atoms with Crippen molar-refractivity contribution in [3.05, 3.63) is 71.8 Å². The Labute approximate surface area is 190 Å². The highest BCUT2D eigenvalue weighted by atomic mass is 35.5. The Morgan fingerprint density at radius 3 is 2.18 bits per heavy atom. The molecule has 2 aromatic rings. The molecule has 3 rings (SSSR count). The molecule has 1 unspecified atom stereocenters. The van der Waals surface area contributed by atoms with E-state index in [1.54, 1.807) is 0 Å². The highest BCUT2D eigenvalue weighted by Crippen LogP contribution is 2.26. The molecule has 3 nitrogen and oxygen atoms in total. The van der Waals surface area contributed by atoms with E-state index in [-0.39, 0.29) is 51.8 Å². The van der Waals surface area contributed by atoms with Crippen LogP contribution in [0.4, 0.5) is 0 Å². The first kappa shape index (κ1) is 29.5. The van der Waals surface area contributed by atoms with E-state index in [0.29, 0.717) is 12.5 Å². The Morgan fingerprint density at radius 1 is 1.00 bits per heavy atom. The predicted molar refractivity (Wildman–Crippen MR) is 131 cm³/mol. The first-order valence-electron chi connectivity index (χ1n) is 8.97. The maximum absolute atomic E-state index is 10.5. The number of hydrogen-bond acceptors (Lipinski definition) is 3. The van der Waals surface area contributed by atoms with Crippen LogP contribution >= 0.6 is 38.3 Å². The second kappa shape index (κ2) is 15.1. The van der Waals surface area contributed by atoms with E-state index >= 15 is 0 Å². The van der Waals surface area contributed by atoms with E-state index in [4.69, 9.17) is 5.73 Å². The second-order valence-corrected chi connectivity index (χ2v) is 6.93. The van der Waals surface area contributed by atoms with Crippen molar-refractivity contribution in [2.75, 3.05) is 19.6 Å². The summed E-state index contributed by atoms with van der Waals surface area (Å²) < 4.78 is 0. The lowest BCUT2D eigenvalue weighted by Gasteiger charge is -2.35. The number of nitrogens with zero attached hydrogens (tertiary/aromatic N) is 1. The minimum absolute atomic E-state index is 0. The second-order valence-electron chi connectivity index (χ2n) is 6.93. The van der Waals surface area contributed by atoms with E-state index in [0.717, 1.165) is 19.5 Å². The molecule has 6 heteroatoms. The Bertz CT molecular complexity index is 618. The third-order valence-electron chi connectivity index (χ3n) is 5.03. The lowest BCUT2D eigenvalue weighted by atomic mass is 9.90. The van der Waals surface area contributed by atoms with Crippen molar-refractivity contribution >= 4 is 38.3 Å². The van der Waals surface area contributed by atoms with Crippen molar-refractivity contribution < 1.29 is 5.11 Å². The van der Waals surface area contributed by atoms with E-state index in [9.17, 15) is 5.11 Å². The molecule has 0 aliphatic carbocycles. The Hall–Kier alpha value is -0.750. The average Bonchev–Trinajstić information content (AvgIpc) is 2.63. The summed E-state index contributed by atoms with van der Waals surface area (Å²) in [4.78, 5) is 2.37. The van der Waals surface area contributed by atoms with Gasteiger partial charge in [0, 0.05) is 19.1 Å². The summed E-state index contributed by atoms with van der Waals surface area (Å²) in [6, 6.07) is 20.7. The number of aliphatic hydroxyl groups excluding tert-OH is 1. The Balaban J connectivity index is 0. The van der Waals surface area contributed by atoms with Gasteiger partial charge in [-0.05, 0) is 42.9 Å². The Morgan fingerprint density at radius 2 is 1.57 bits per heavy atom. The van der Waals surface area contributed by atoms with E-state index in [1.165, 1.54) is 24.0 Å². The summed E-state index contributed by atoms with van der Waals surface area (Å²) in [6.45, 7) is 2.73. The molecule has 1 aliphatic heterocycles. The molecule has 1 heterocycles. The van der Waals surface area contributed by atoms with Crippen LogP contribution in [0.15, 0.2) is 60.7 Å². The number of benzene rings is 2. The maximum atomic E-state index is 10.5. The summed E-state index contributed by atoms with van der Waals surface area (Å²) in [7, 11) is 0. The normalized spacial score (nSPS) is 18.3. The first-order chi connectivity index (χ1) is 11.7. The molecule has 0 spiro atoms. The van der Waals surface area contributed by atoms with Crippen molar-refractivity contribution in [2.45, 2.75) is 44.8 Å². The molecular weight excluding hydrogens is 411 g/mol. The molecule has 160 valence electrons. The topological polar surface area (TPSA) is 49.5 Å². The van der Waals surface area contributed by atoms with Gasteiger partial charge in [-0.25, -0.2) is 0 Å². The van der Waals surface area contributed by atoms with E-state index in [1.807, 2.05) is 18.2 Å². The Kier molecular flexibility index (Phi) is 15.9. The first-order valence-corrected chi connectivity index (χ1v) is 8.97. The average molecular weight is 448 g/mol. The minimum Gasteiger partial charge on any atom is -0.390 e. The molecule has 0 amide bonds. The monoisotopic (exact) mass is 446 g/mol. The smallest absolute Gasteiger partial charge is 0.0820 e. The molecule has 1 aliphatic rings. The summed E-state index contributed by atoms with van der Waals surface area (Å²) in [5.74, 6) is 0.567. The zero-order chi connectivity index (χ0) is 16.8. The van der Waals surface area contributed by atoms with Gasteiger partial charge in [-0.3, -0.25) is 0 Å². The zero-order valence-electron chi connectivity index (χ0n) is 15.5. The van der Waals surface area contributed by atoms with Gasteiger partial charge in [-0.15, -0.1) is 24.8 Å². The summed E-state index contributed by atoms with van der Waals surface area (Å²) in [6.07, 6.45) is 2.64. The molecule has 0 bridgehead atoms. The highest BCUT2D eigenvalue weighted by molar-refractivity contribution is 7.59. The number of aliphatic hydroxyl groups is 1. The van der Waals surface area contributed by atoms with E-state index in [2.05, 4.69) is 47.4 Å². The number of β-amino-alcohol motifs (C(OH)–C–C–N with tert-alkyl or cyclic N) is 1. The predicted octanol–water partition coefficient (Wildman–Crippen LogP) is 4.39. The molecule has 28 heavy (non-hydrogen) atoms. The third kappa shape index (κ3) is 8.73. The summed E-state index contributed by atoms with van der Waals surface area (Å²) in [5.41, 5.74) is 8.83. The van der Waals surface area contributed by atoms with Gasteiger partial charge in [0.2, 0.25) is 0 Å². The third-order valence-corrected chi connectivity index (χ3v) is 5.03. The van der Waals surface area contributed by atoms with Gasteiger partial charge >= 0.3 is 0 Å². The van der Waals surface area contributed by atoms with Crippen LogP contribution in [0.3, 0.4) is 0 Å². The largest absolute Gasteiger partial charge is 0.390 e. The lowest BCUT2D eigenvalue weighted by Crippen LogP contribution is -2.47. The van der Waals surface area contributed by atoms with Crippen LogP contribution in [0.1, 0.15) is 37.3 Å². The van der Waals surface area contributed by atoms with Crippen LogP contribution in [0.5, 0.6) is 0 Å². The minimum atomic E-state index is -0.486. The summed E-state index contributed by atoms with van der Waals surface area (Å²) in [5, 5.41) is 10.5. The SMILES string of the molecule is C.Cl.Cl.N[C@H](Cc1ccccc1)[C@@H](O)CN1CCCC(c2ccccc2)C1.S. The van der Waals surface area contributed by atoms with Gasteiger partial charge in [0.05, 0.1) is 6.10 Å². The van der Waals surface area contributed by atoms with Crippen molar-refractivity contribution in [2.24, 2.45) is 5.73 Å². The molecule has 0 saturated carbocycles. The van der Waals surface area contributed by atoms with Crippen molar-refractivity contribution in [1.29, 1.82) is 0 Å². The zero-order valence-corrected chi connectivity index (χ0v) is 18.2. The van der Waals surface area contributed by atoms with Crippen LogP contribution in [-0.4, -0.2) is 41.8 Å². The number of nitrogens with two attached hydrogens (primary N) is 1.